The van der Waals surface area contributed by atoms with Gasteiger partial charge in [-0.1, -0.05) is 35.5 Å². The van der Waals surface area contributed by atoms with E-state index in [1.807, 2.05) is 75.4 Å². The van der Waals surface area contributed by atoms with Crippen LogP contribution in [0, 0.1) is 5.92 Å². The molecule has 2 aromatic carbocycles. The summed E-state index contributed by atoms with van der Waals surface area (Å²) in [5.74, 6) is 1.00. The van der Waals surface area contributed by atoms with Gasteiger partial charge in [-0.25, -0.2) is 4.79 Å². The zero-order valence-corrected chi connectivity index (χ0v) is 21.0. The first-order valence-electron chi connectivity index (χ1n) is 11.9. The molecule has 1 amide bonds. The smallest absolute Gasteiger partial charge is 0.410 e. The third-order valence-corrected chi connectivity index (χ3v) is 5.89. The first-order valence-corrected chi connectivity index (χ1v) is 11.9. The number of benzene rings is 2. The average molecular weight is 494 g/mol. The standard InChI is InChI=1S/C27H31N3O6/c1-27(2,3)35-26(32)30-15-20(14-24(31)33-4)22(16-30)19-11-8-12-21(13-19)34-17-23-28-25(36-29-23)18-9-6-5-7-10-18/h5-13,20,22H,14-17H2,1-4H3/t20-,22-/m0/s1. The van der Waals surface area contributed by atoms with Gasteiger partial charge in [-0.05, 0) is 56.5 Å². The Morgan fingerprint density at radius 3 is 2.58 bits per heavy atom. The zero-order chi connectivity index (χ0) is 25.7. The van der Waals surface area contributed by atoms with Gasteiger partial charge in [0.2, 0.25) is 5.82 Å². The van der Waals surface area contributed by atoms with Gasteiger partial charge in [-0.2, -0.15) is 4.98 Å². The van der Waals surface area contributed by atoms with Crippen molar-refractivity contribution in [1.29, 1.82) is 0 Å². The highest BCUT2D eigenvalue weighted by atomic mass is 16.6. The number of aromatic nitrogens is 2. The van der Waals surface area contributed by atoms with Crippen molar-refractivity contribution in [2.45, 2.75) is 45.3 Å². The van der Waals surface area contributed by atoms with Crippen LogP contribution in [-0.4, -0.2) is 52.9 Å². The summed E-state index contributed by atoms with van der Waals surface area (Å²) < 4.78 is 21.7. The maximum Gasteiger partial charge on any atom is 0.410 e. The van der Waals surface area contributed by atoms with Crippen LogP contribution in [0.4, 0.5) is 4.79 Å². The molecule has 1 aliphatic rings. The summed E-state index contributed by atoms with van der Waals surface area (Å²) in [5.41, 5.74) is 1.20. The molecule has 0 spiro atoms. The number of nitrogens with zero attached hydrogens (tertiary/aromatic N) is 3. The summed E-state index contributed by atoms with van der Waals surface area (Å²) in [6, 6.07) is 17.2. The molecule has 0 N–H and O–H groups in total. The lowest BCUT2D eigenvalue weighted by atomic mass is 9.87. The molecule has 3 aromatic rings. The Bertz CT molecular complexity index is 1190. The molecule has 1 aromatic heterocycles. The van der Waals surface area contributed by atoms with E-state index in [9.17, 15) is 9.59 Å². The summed E-state index contributed by atoms with van der Waals surface area (Å²) >= 11 is 0. The summed E-state index contributed by atoms with van der Waals surface area (Å²) in [6.45, 7) is 6.48. The van der Waals surface area contributed by atoms with Gasteiger partial charge in [-0.15, -0.1) is 0 Å². The molecule has 2 atom stereocenters. The SMILES string of the molecule is COC(=O)C[C@H]1CN(C(=O)OC(C)(C)C)C[C@H]1c1cccc(OCc2noc(-c3ccccc3)n2)c1. The molecule has 36 heavy (non-hydrogen) atoms. The van der Waals surface area contributed by atoms with Crippen LogP contribution in [-0.2, 0) is 20.9 Å². The second-order valence-electron chi connectivity index (χ2n) is 9.78. The van der Waals surface area contributed by atoms with E-state index in [0.717, 1.165) is 11.1 Å². The van der Waals surface area contributed by atoms with Crippen molar-refractivity contribution < 1.29 is 28.3 Å². The molecular weight excluding hydrogens is 462 g/mol. The van der Waals surface area contributed by atoms with Gasteiger partial charge < -0.3 is 23.6 Å². The van der Waals surface area contributed by atoms with Crippen LogP contribution < -0.4 is 4.74 Å². The number of carbonyl (C=O) groups excluding carboxylic acids is 2. The molecule has 1 fully saturated rings. The first kappa shape index (κ1) is 25.2. The van der Waals surface area contributed by atoms with E-state index in [1.54, 1.807) is 4.90 Å². The highest BCUT2D eigenvalue weighted by molar-refractivity contribution is 5.71. The number of hydrogen-bond donors (Lipinski definition) is 0. The minimum Gasteiger partial charge on any atom is -0.485 e. The van der Waals surface area contributed by atoms with Crippen LogP contribution in [0.1, 0.15) is 44.5 Å². The van der Waals surface area contributed by atoms with Crippen molar-refractivity contribution in [2.24, 2.45) is 5.92 Å². The van der Waals surface area contributed by atoms with Gasteiger partial charge in [0.05, 0.1) is 13.5 Å². The van der Waals surface area contributed by atoms with Gasteiger partial charge in [-0.3, -0.25) is 4.79 Å². The largest absolute Gasteiger partial charge is 0.485 e. The van der Waals surface area contributed by atoms with E-state index in [2.05, 4.69) is 10.1 Å². The third-order valence-electron chi connectivity index (χ3n) is 5.89. The highest BCUT2D eigenvalue weighted by Crippen LogP contribution is 2.37. The van der Waals surface area contributed by atoms with Crippen molar-refractivity contribution in [3.8, 4) is 17.2 Å². The van der Waals surface area contributed by atoms with Gasteiger partial charge in [0.1, 0.15) is 11.4 Å². The summed E-state index contributed by atoms with van der Waals surface area (Å²) in [6.07, 6.45) is -0.185. The molecule has 0 bridgehead atoms. The molecule has 4 rings (SSSR count). The number of ether oxygens (including phenoxy) is 3. The summed E-state index contributed by atoms with van der Waals surface area (Å²) in [7, 11) is 1.37. The van der Waals surface area contributed by atoms with Crippen molar-refractivity contribution >= 4 is 12.1 Å². The molecular formula is C27H31N3O6. The number of hydrogen-bond acceptors (Lipinski definition) is 8. The van der Waals surface area contributed by atoms with E-state index in [4.69, 9.17) is 18.7 Å². The third kappa shape index (κ3) is 6.41. The maximum absolute atomic E-state index is 12.7. The number of esters is 1. The number of likely N-dealkylation sites (tertiary alicyclic amines) is 1. The van der Waals surface area contributed by atoms with Crippen LogP contribution in [0.2, 0.25) is 0 Å². The number of rotatable bonds is 7. The second kappa shape index (κ2) is 10.8. The fraction of sp³-hybridized carbons (Fsp3) is 0.407. The maximum atomic E-state index is 12.7. The Balaban J connectivity index is 1.46. The van der Waals surface area contributed by atoms with Gasteiger partial charge >= 0.3 is 12.1 Å². The Hall–Kier alpha value is -3.88. The molecule has 1 aliphatic heterocycles. The Morgan fingerprint density at radius 1 is 1.08 bits per heavy atom. The van der Waals surface area contributed by atoms with E-state index in [0.29, 0.717) is 30.6 Å². The van der Waals surface area contributed by atoms with Crippen LogP contribution in [0.15, 0.2) is 59.1 Å². The van der Waals surface area contributed by atoms with E-state index >= 15 is 0 Å². The average Bonchev–Trinajstić information content (AvgIpc) is 3.50. The molecule has 1 saturated heterocycles. The predicted molar refractivity (Wildman–Crippen MR) is 131 cm³/mol. The van der Waals surface area contributed by atoms with Crippen molar-refractivity contribution in [1.82, 2.24) is 15.0 Å². The van der Waals surface area contributed by atoms with Crippen LogP contribution in [0.3, 0.4) is 0 Å². The Kier molecular flexibility index (Phi) is 7.57. The normalized spacial score (nSPS) is 17.6. The lowest BCUT2D eigenvalue weighted by Crippen LogP contribution is -2.35. The second-order valence-corrected chi connectivity index (χ2v) is 9.78. The van der Waals surface area contributed by atoms with Crippen molar-refractivity contribution in [3.63, 3.8) is 0 Å². The molecule has 0 unspecified atom stereocenters. The van der Waals surface area contributed by atoms with Crippen LogP contribution in [0.5, 0.6) is 5.75 Å². The molecule has 9 nitrogen and oxygen atoms in total. The molecule has 0 aliphatic carbocycles. The molecule has 0 radical (unpaired) electrons. The fourth-order valence-corrected chi connectivity index (χ4v) is 4.22. The minimum atomic E-state index is -0.601. The number of methoxy groups -OCH3 is 1. The molecule has 0 saturated carbocycles. The quantitative estimate of drug-likeness (QED) is 0.431. The number of amides is 1. The van der Waals surface area contributed by atoms with Crippen molar-refractivity contribution in [3.05, 3.63) is 66.0 Å². The summed E-state index contributed by atoms with van der Waals surface area (Å²) in [5, 5.41) is 4.00. The van der Waals surface area contributed by atoms with Gasteiger partial charge in [0.25, 0.3) is 5.89 Å². The Morgan fingerprint density at radius 2 is 1.86 bits per heavy atom. The summed E-state index contributed by atoms with van der Waals surface area (Å²) in [4.78, 5) is 30.8. The van der Waals surface area contributed by atoms with Crippen LogP contribution >= 0.6 is 0 Å². The van der Waals surface area contributed by atoms with Gasteiger partial charge in [0, 0.05) is 24.6 Å². The highest BCUT2D eigenvalue weighted by Gasteiger charge is 2.39. The van der Waals surface area contributed by atoms with E-state index in [1.165, 1.54) is 7.11 Å². The monoisotopic (exact) mass is 493 g/mol. The fourth-order valence-electron chi connectivity index (χ4n) is 4.22. The lowest BCUT2D eigenvalue weighted by molar-refractivity contribution is -0.141. The molecule has 2 heterocycles. The van der Waals surface area contributed by atoms with E-state index in [-0.39, 0.29) is 30.8 Å². The van der Waals surface area contributed by atoms with E-state index < -0.39 is 11.7 Å². The Labute approximate surface area is 210 Å². The van der Waals surface area contributed by atoms with Crippen molar-refractivity contribution in [2.75, 3.05) is 20.2 Å². The first-order chi connectivity index (χ1) is 17.2. The lowest BCUT2D eigenvalue weighted by Gasteiger charge is -2.24. The number of carbonyl (C=O) groups is 2. The minimum absolute atomic E-state index is 0.0740. The zero-order valence-electron chi connectivity index (χ0n) is 21.0. The topological polar surface area (TPSA) is 104 Å². The molecule has 190 valence electrons. The van der Waals surface area contributed by atoms with Crippen LogP contribution in [0.25, 0.3) is 11.5 Å². The van der Waals surface area contributed by atoms with Gasteiger partial charge in [0.15, 0.2) is 6.61 Å². The molecule has 9 heteroatoms. The predicted octanol–water partition coefficient (Wildman–Crippen LogP) is 4.83.